The first-order valence-corrected chi connectivity index (χ1v) is 11.5. The normalized spacial score (nSPS) is 16.5. The predicted molar refractivity (Wildman–Crippen MR) is 126 cm³/mol. The van der Waals surface area contributed by atoms with E-state index in [1.807, 2.05) is 0 Å². The van der Waals surface area contributed by atoms with Gasteiger partial charge in [0.05, 0.1) is 55.4 Å². The van der Waals surface area contributed by atoms with Gasteiger partial charge in [-0.1, -0.05) is 0 Å². The van der Waals surface area contributed by atoms with Gasteiger partial charge in [0.1, 0.15) is 5.75 Å². The molecule has 1 aromatic carbocycles. The number of aliphatic hydroxyl groups is 3. The van der Waals surface area contributed by atoms with E-state index in [1.165, 1.54) is 39.2 Å². The summed E-state index contributed by atoms with van der Waals surface area (Å²) in [5.41, 5.74) is 0.587. The summed E-state index contributed by atoms with van der Waals surface area (Å²) < 4.78 is 22.3. The van der Waals surface area contributed by atoms with Crippen LogP contribution in [0.2, 0.25) is 0 Å². The van der Waals surface area contributed by atoms with Crippen LogP contribution in [0, 0.1) is 5.41 Å². The largest absolute Gasteiger partial charge is 0.479 e. The van der Waals surface area contributed by atoms with Crippen molar-refractivity contribution in [2.75, 3.05) is 20.8 Å². The molecular weight excluding hydrogens is 482 g/mol. The fourth-order valence-electron chi connectivity index (χ4n) is 3.34. The van der Waals surface area contributed by atoms with Gasteiger partial charge in [-0.05, 0) is 25.1 Å². The molecule has 0 aliphatic heterocycles. The average Bonchev–Trinajstić information content (AvgIpc) is 3.24. The first-order chi connectivity index (χ1) is 16.4. The number of ether oxygens (including phenoxy) is 4. The highest BCUT2D eigenvalue weighted by Crippen LogP contribution is 2.31. The molecule has 0 bridgehead atoms. The smallest absolute Gasteiger partial charge is 0.379 e. The van der Waals surface area contributed by atoms with Gasteiger partial charge in [0.25, 0.3) is 0 Å². The second-order valence-corrected chi connectivity index (χ2v) is 8.95. The standard InChI is InChI=1S/C22H31N3O9S/c1-11(27)18(24-12(2)28)16(8-13(29)10-26)34-22(3,21(30)32-5)33-14-6-7-15-17(9-14)35-20(25-15)19(23)31-4/h6-7,9,11,13,16,18,23,26-27,29H,8,10H2,1-5H3,(H,24,28)/t11-,13?,16?,18?,22?/m1/s1. The lowest BCUT2D eigenvalue weighted by Gasteiger charge is -2.37. The van der Waals surface area contributed by atoms with E-state index in [0.29, 0.717) is 15.2 Å². The molecule has 1 heterocycles. The van der Waals surface area contributed by atoms with Crippen LogP contribution in [0.15, 0.2) is 18.2 Å². The van der Waals surface area contributed by atoms with Crippen LogP contribution >= 0.6 is 11.3 Å². The van der Waals surface area contributed by atoms with E-state index in [2.05, 4.69) is 10.3 Å². The van der Waals surface area contributed by atoms with Gasteiger partial charge >= 0.3 is 11.8 Å². The Bertz CT molecular complexity index is 1040. The number of carbonyl (C=O) groups excluding carboxylic acids is 2. The molecule has 13 heteroatoms. The molecular formula is C22H31N3O9S. The zero-order chi connectivity index (χ0) is 26.3. The van der Waals surface area contributed by atoms with E-state index >= 15 is 0 Å². The molecule has 0 aliphatic rings. The number of fused-ring (bicyclic) bond motifs is 1. The molecule has 12 nitrogen and oxygen atoms in total. The minimum absolute atomic E-state index is 0.0937. The highest BCUT2D eigenvalue weighted by Gasteiger charge is 2.44. The fraction of sp³-hybridized carbons (Fsp3) is 0.545. The van der Waals surface area contributed by atoms with Crippen molar-refractivity contribution in [3.05, 3.63) is 23.2 Å². The van der Waals surface area contributed by atoms with E-state index in [4.69, 9.17) is 24.4 Å². The number of benzene rings is 1. The Morgan fingerprint density at radius 2 is 1.94 bits per heavy atom. The SMILES string of the molecule is COC(=N)c1nc2ccc(OC(C)(OC(CC(O)CO)C(NC(C)=O)[C@@H](C)O)C(=O)OC)cc2s1. The van der Waals surface area contributed by atoms with Crippen molar-refractivity contribution in [3.63, 3.8) is 0 Å². The summed E-state index contributed by atoms with van der Waals surface area (Å²) in [4.78, 5) is 28.8. The van der Waals surface area contributed by atoms with Gasteiger partial charge in [0.15, 0.2) is 5.01 Å². The Morgan fingerprint density at radius 1 is 1.26 bits per heavy atom. The maximum absolute atomic E-state index is 12.8. The van der Waals surface area contributed by atoms with Gasteiger partial charge in [-0.2, -0.15) is 0 Å². The number of aliphatic hydroxyl groups excluding tert-OH is 3. The van der Waals surface area contributed by atoms with Crippen molar-refractivity contribution in [1.29, 1.82) is 5.41 Å². The third-order valence-electron chi connectivity index (χ3n) is 5.01. The van der Waals surface area contributed by atoms with Crippen LogP contribution in [0.4, 0.5) is 0 Å². The van der Waals surface area contributed by atoms with Crippen LogP contribution < -0.4 is 10.1 Å². The molecule has 35 heavy (non-hydrogen) atoms. The summed E-state index contributed by atoms with van der Waals surface area (Å²) in [6, 6.07) is 3.73. The summed E-state index contributed by atoms with van der Waals surface area (Å²) in [6.07, 6.45) is -3.80. The summed E-state index contributed by atoms with van der Waals surface area (Å²) in [6.45, 7) is 3.34. The molecule has 0 saturated heterocycles. The number of hydrogen-bond donors (Lipinski definition) is 5. The van der Waals surface area contributed by atoms with E-state index < -0.39 is 48.6 Å². The Balaban J connectivity index is 2.43. The van der Waals surface area contributed by atoms with Crippen LogP contribution in [0.3, 0.4) is 0 Å². The zero-order valence-corrected chi connectivity index (χ0v) is 20.9. The monoisotopic (exact) mass is 513 g/mol. The molecule has 2 rings (SSSR count). The predicted octanol–water partition coefficient (Wildman–Crippen LogP) is 0.550. The molecule has 2 aromatic rings. The lowest BCUT2D eigenvalue weighted by molar-refractivity contribution is -0.232. The number of amides is 1. The molecule has 0 radical (unpaired) electrons. The third kappa shape index (κ3) is 7.32. The van der Waals surface area contributed by atoms with E-state index in [9.17, 15) is 24.9 Å². The summed E-state index contributed by atoms with van der Waals surface area (Å²) in [5, 5.41) is 40.3. The minimum Gasteiger partial charge on any atom is -0.479 e. The van der Waals surface area contributed by atoms with Gasteiger partial charge in [0, 0.05) is 20.3 Å². The van der Waals surface area contributed by atoms with E-state index in [1.54, 1.807) is 18.2 Å². The Kier molecular flexibility index (Phi) is 9.92. The van der Waals surface area contributed by atoms with Gasteiger partial charge in [-0.3, -0.25) is 10.2 Å². The number of esters is 1. The number of nitrogens with zero attached hydrogens (tertiary/aromatic N) is 1. The highest BCUT2D eigenvalue weighted by atomic mass is 32.1. The lowest BCUT2D eigenvalue weighted by Crippen LogP contribution is -2.57. The summed E-state index contributed by atoms with van der Waals surface area (Å²) in [7, 11) is 2.51. The molecule has 1 aromatic heterocycles. The molecule has 4 unspecified atom stereocenters. The number of nitrogens with one attached hydrogen (secondary N) is 2. The Labute approximate surface area is 206 Å². The van der Waals surface area contributed by atoms with Crippen molar-refractivity contribution >= 4 is 39.3 Å². The first kappa shape index (κ1) is 28.4. The number of carbonyl (C=O) groups is 2. The van der Waals surface area contributed by atoms with Gasteiger partial charge in [0.2, 0.25) is 11.8 Å². The number of methoxy groups -OCH3 is 2. The second kappa shape index (κ2) is 12.2. The van der Waals surface area contributed by atoms with Crippen molar-refractivity contribution in [2.45, 2.75) is 57.3 Å². The zero-order valence-electron chi connectivity index (χ0n) is 20.1. The van der Waals surface area contributed by atoms with Gasteiger partial charge in [-0.25, -0.2) is 9.78 Å². The van der Waals surface area contributed by atoms with Crippen molar-refractivity contribution in [2.24, 2.45) is 0 Å². The molecule has 0 saturated carbocycles. The highest BCUT2D eigenvalue weighted by molar-refractivity contribution is 7.20. The first-order valence-electron chi connectivity index (χ1n) is 10.7. The molecule has 1 amide bonds. The molecule has 194 valence electrons. The third-order valence-corrected chi connectivity index (χ3v) is 6.03. The van der Waals surface area contributed by atoms with Crippen molar-refractivity contribution < 1.29 is 43.9 Å². The van der Waals surface area contributed by atoms with E-state index in [0.717, 1.165) is 7.11 Å². The van der Waals surface area contributed by atoms with Crippen LogP contribution in [0.5, 0.6) is 5.75 Å². The van der Waals surface area contributed by atoms with Crippen LogP contribution in [-0.2, 0) is 23.8 Å². The minimum atomic E-state index is -2.07. The van der Waals surface area contributed by atoms with Crippen LogP contribution in [-0.4, -0.2) is 89.0 Å². The van der Waals surface area contributed by atoms with E-state index in [-0.39, 0.29) is 18.1 Å². The topological polar surface area (TPSA) is 181 Å². The second-order valence-electron chi connectivity index (χ2n) is 7.92. The number of rotatable bonds is 12. The average molecular weight is 514 g/mol. The Morgan fingerprint density at radius 3 is 2.49 bits per heavy atom. The summed E-state index contributed by atoms with van der Waals surface area (Å²) in [5.74, 6) is -3.35. The van der Waals surface area contributed by atoms with Crippen LogP contribution in [0.1, 0.15) is 32.2 Å². The Hall–Kier alpha value is -2.84. The van der Waals surface area contributed by atoms with Crippen molar-refractivity contribution in [3.8, 4) is 5.75 Å². The molecule has 0 spiro atoms. The van der Waals surface area contributed by atoms with Crippen molar-refractivity contribution in [1.82, 2.24) is 10.3 Å². The quantitative estimate of drug-likeness (QED) is 0.116. The number of thiazole rings is 1. The fourth-order valence-corrected chi connectivity index (χ4v) is 4.26. The number of aromatic nitrogens is 1. The summed E-state index contributed by atoms with van der Waals surface area (Å²) >= 11 is 1.19. The molecule has 5 atom stereocenters. The maximum Gasteiger partial charge on any atom is 0.379 e. The lowest BCUT2D eigenvalue weighted by atomic mass is 9.99. The molecule has 0 fully saturated rings. The number of hydrogen-bond acceptors (Lipinski definition) is 12. The molecule has 0 aliphatic carbocycles. The van der Waals surface area contributed by atoms with Gasteiger partial charge < -0.3 is 39.6 Å². The van der Waals surface area contributed by atoms with Gasteiger partial charge in [-0.15, -0.1) is 11.3 Å². The molecule has 5 N–H and O–H groups in total. The maximum atomic E-state index is 12.8. The van der Waals surface area contributed by atoms with Crippen LogP contribution in [0.25, 0.3) is 10.2 Å².